The quantitative estimate of drug-likeness (QED) is 0.780. The molecule has 0 aliphatic rings. The second kappa shape index (κ2) is 7.84. The van der Waals surface area contributed by atoms with Gasteiger partial charge in [-0.2, -0.15) is 0 Å². The molecule has 1 atom stereocenters. The van der Waals surface area contributed by atoms with Crippen LogP contribution in [0.4, 0.5) is 5.69 Å². The van der Waals surface area contributed by atoms with E-state index in [4.69, 9.17) is 10.5 Å². The van der Waals surface area contributed by atoms with Crippen LogP contribution in [0.3, 0.4) is 0 Å². The van der Waals surface area contributed by atoms with Gasteiger partial charge in [0.05, 0.1) is 12.6 Å². The van der Waals surface area contributed by atoms with Crippen LogP contribution in [0.2, 0.25) is 0 Å². The van der Waals surface area contributed by atoms with E-state index < -0.39 is 6.04 Å². The standard InChI is InChI=1S/C14H22N2O2/c1-3-7-12(15)14(17)16-13-9-6-5-8-11(13)10-18-4-2/h5-6,8-9,12H,3-4,7,10,15H2,1-2H3,(H,16,17)/t12-/m0/s1. The van der Waals surface area contributed by atoms with E-state index in [9.17, 15) is 4.79 Å². The number of nitrogens with one attached hydrogen (secondary N) is 1. The molecule has 0 aromatic heterocycles. The maximum Gasteiger partial charge on any atom is 0.241 e. The third kappa shape index (κ3) is 4.47. The summed E-state index contributed by atoms with van der Waals surface area (Å²) in [6.07, 6.45) is 1.59. The van der Waals surface area contributed by atoms with Crippen LogP contribution in [-0.4, -0.2) is 18.6 Å². The first kappa shape index (κ1) is 14.7. The third-order valence-corrected chi connectivity index (χ3v) is 2.67. The van der Waals surface area contributed by atoms with Crippen LogP contribution in [0.1, 0.15) is 32.3 Å². The number of hydrogen-bond donors (Lipinski definition) is 2. The van der Waals surface area contributed by atoms with E-state index in [0.29, 0.717) is 19.6 Å². The smallest absolute Gasteiger partial charge is 0.241 e. The number of amides is 1. The second-order valence-corrected chi connectivity index (χ2v) is 4.18. The van der Waals surface area contributed by atoms with Crippen molar-refractivity contribution in [2.45, 2.75) is 39.3 Å². The van der Waals surface area contributed by atoms with Crippen LogP contribution >= 0.6 is 0 Å². The summed E-state index contributed by atoms with van der Waals surface area (Å²) in [6.45, 7) is 5.10. The van der Waals surface area contributed by atoms with Gasteiger partial charge in [0.1, 0.15) is 0 Å². The number of rotatable bonds is 7. The fourth-order valence-corrected chi connectivity index (χ4v) is 1.65. The number of nitrogens with two attached hydrogens (primary N) is 1. The molecule has 1 aromatic rings. The van der Waals surface area contributed by atoms with Crippen molar-refractivity contribution in [1.82, 2.24) is 0 Å². The number of hydrogen-bond acceptors (Lipinski definition) is 3. The van der Waals surface area contributed by atoms with Crippen LogP contribution in [0.15, 0.2) is 24.3 Å². The lowest BCUT2D eigenvalue weighted by molar-refractivity contribution is -0.117. The summed E-state index contributed by atoms with van der Waals surface area (Å²) in [5.74, 6) is -0.138. The van der Waals surface area contributed by atoms with E-state index in [1.54, 1.807) is 0 Å². The van der Waals surface area contributed by atoms with Gasteiger partial charge in [0.15, 0.2) is 0 Å². The first-order valence-electron chi connectivity index (χ1n) is 6.41. The van der Waals surface area contributed by atoms with Crippen molar-refractivity contribution >= 4 is 11.6 Å². The van der Waals surface area contributed by atoms with E-state index in [0.717, 1.165) is 17.7 Å². The maximum absolute atomic E-state index is 11.9. The Balaban J connectivity index is 2.68. The molecule has 0 saturated heterocycles. The summed E-state index contributed by atoms with van der Waals surface area (Å²) in [5, 5.41) is 2.86. The average Bonchev–Trinajstić information content (AvgIpc) is 2.38. The van der Waals surface area contributed by atoms with E-state index in [1.165, 1.54) is 0 Å². The molecule has 1 amide bonds. The van der Waals surface area contributed by atoms with Crippen molar-refractivity contribution < 1.29 is 9.53 Å². The molecule has 1 aromatic carbocycles. The highest BCUT2D eigenvalue weighted by Gasteiger charge is 2.13. The van der Waals surface area contributed by atoms with E-state index in [-0.39, 0.29) is 5.91 Å². The summed E-state index contributed by atoms with van der Waals surface area (Å²) in [7, 11) is 0. The SMILES string of the molecule is CCC[C@H](N)C(=O)Nc1ccccc1COCC. The van der Waals surface area contributed by atoms with Gasteiger partial charge >= 0.3 is 0 Å². The van der Waals surface area contributed by atoms with E-state index in [1.807, 2.05) is 38.1 Å². The molecular formula is C14H22N2O2. The zero-order valence-electron chi connectivity index (χ0n) is 11.1. The van der Waals surface area contributed by atoms with Gasteiger partial charge in [-0.3, -0.25) is 4.79 Å². The molecule has 0 aliphatic carbocycles. The Morgan fingerprint density at radius 1 is 1.39 bits per heavy atom. The van der Waals surface area contributed by atoms with Gasteiger partial charge < -0.3 is 15.8 Å². The molecular weight excluding hydrogens is 228 g/mol. The van der Waals surface area contributed by atoms with Gasteiger partial charge in [0, 0.05) is 17.9 Å². The first-order chi connectivity index (χ1) is 8.69. The minimum atomic E-state index is -0.449. The topological polar surface area (TPSA) is 64.4 Å². The molecule has 0 bridgehead atoms. The molecule has 0 saturated carbocycles. The lowest BCUT2D eigenvalue weighted by Crippen LogP contribution is -2.35. The minimum Gasteiger partial charge on any atom is -0.377 e. The number of ether oxygens (including phenoxy) is 1. The van der Waals surface area contributed by atoms with Crippen molar-refractivity contribution in [1.29, 1.82) is 0 Å². The van der Waals surface area contributed by atoms with Crippen molar-refractivity contribution in [2.24, 2.45) is 5.73 Å². The monoisotopic (exact) mass is 250 g/mol. The van der Waals surface area contributed by atoms with Crippen molar-refractivity contribution in [3.63, 3.8) is 0 Å². The van der Waals surface area contributed by atoms with Crippen molar-refractivity contribution in [2.75, 3.05) is 11.9 Å². The fourth-order valence-electron chi connectivity index (χ4n) is 1.65. The van der Waals surface area contributed by atoms with Gasteiger partial charge in [-0.1, -0.05) is 31.5 Å². The van der Waals surface area contributed by atoms with Crippen LogP contribution in [0.5, 0.6) is 0 Å². The van der Waals surface area contributed by atoms with Crippen molar-refractivity contribution in [3.05, 3.63) is 29.8 Å². The highest BCUT2D eigenvalue weighted by molar-refractivity contribution is 5.95. The lowest BCUT2D eigenvalue weighted by atomic mass is 10.1. The number of anilines is 1. The van der Waals surface area contributed by atoms with Gasteiger partial charge in [0.2, 0.25) is 5.91 Å². The molecule has 4 heteroatoms. The predicted molar refractivity (Wildman–Crippen MR) is 73.3 cm³/mol. The van der Waals surface area contributed by atoms with Crippen LogP contribution < -0.4 is 11.1 Å². The van der Waals surface area contributed by atoms with Gasteiger partial charge in [0.25, 0.3) is 0 Å². The molecule has 0 aliphatic heterocycles. The highest BCUT2D eigenvalue weighted by Crippen LogP contribution is 2.16. The summed E-state index contributed by atoms with van der Waals surface area (Å²) >= 11 is 0. The Labute approximate surface area is 109 Å². The molecule has 0 spiro atoms. The van der Waals surface area contributed by atoms with Gasteiger partial charge in [-0.05, 0) is 19.4 Å². The Kier molecular flexibility index (Phi) is 6.39. The van der Waals surface area contributed by atoms with Crippen LogP contribution in [0.25, 0.3) is 0 Å². The lowest BCUT2D eigenvalue weighted by Gasteiger charge is -2.14. The molecule has 3 N–H and O–H groups in total. The fraction of sp³-hybridized carbons (Fsp3) is 0.500. The molecule has 1 rings (SSSR count). The molecule has 0 heterocycles. The Morgan fingerprint density at radius 2 is 2.11 bits per heavy atom. The Bertz CT molecular complexity index is 380. The summed E-state index contributed by atoms with van der Waals surface area (Å²) in [5.41, 5.74) is 7.53. The van der Waals surface area contributed by atoms with E-state index >= 15 is 0 Å². The zero-order valence-corrected chi connectivity index (χ0v) is 11.1. The molecule has 4 nitrogen and oxygen atoms in total. The Morgan fingerprint density at radius 3 is 2.78 bits per heavy atom. The van der Waals surface area contributed by atoms with Crippen LogP contribution in [0, 0.1) is 0 Å². The van der Waals surface area contributed by atoms with Gasteiger partial charge in [-0.25, -0.2) is 0 Å². The molecule has 0 unspecified atom stereocenters. The third-order valence-electron chi connectivity index (χ3n) is 2.67. The van der Waals surface area contributed by atoms with Crippen molar-refractivity contribution in [3.8, 4) is 0 Å². The van der Waals surface area contributed by atoms with Gasteiger partial charge in [-0.15, -0.1) is 0 Å². The molecule has 100 valence electrons. The molecule has 0 fully saturated rings. The number of carbonyl (C=O) groups is 1. The molecule has 18 heavy (non-hydrogen) atoms. The normalized spacial score (nSPS) is 12.2. The number of para-hydroxylation sites is 1. The number of benzene rings is 1. The first-order valence-corrected chi connectivity index (χ1v) is 6.41. The van der Waals surface area contributed by atoms with Crippen LogP contribution in [-0.2, 0) is 16.1 Å². The maximum atomic E-state index is 11.9. The summed E-state index contributed by atoms with van der Waals surface area (Å²) in [4.78, 5) is 11.9. The Hall–Kier alpha value is -1.39. The summed E-state index contributed by atoms with van der Waals surface area (Å²) < 4.78 is 5.37. The second-order valence-electron chi connectivity index (χ2n) is 4.18. The van der Waals surface area contributed by atoms with E-state index in [2.05, 4.69) is 5.32 Å². The summed E-state index contributed by atoms with van der Waals surface area (Å²) in [6, 6.07) is 7.17. The predicted octanol–water partition coefficient (Wildman–Crippen LogP) is 2.29. The average molecular weight is 250 g/mol. The highest BCUT2D eigenvalue weighted by atomic mass is 16.5. The minimum absolute atomic E-state index is 0.138. The molecule has 0 radical (unpaired) electrons. The largest absolute Gasteiger partial charge is 0.377 e. The zero-order chi connectivity index (χ0) is 13.4. The number of carbonyl (C=O) groups excluding carboxylic acids is 1.